The van der Waals surface area contributed by atoms with Crippen LogP contribution in [-0.4, -0.2) is 65.6 Å². The number of pyridine rings is 1. The van der Waals surface area contributed by atoms with Crippen molar-refractivity contribution in [3.63, 3.8) is 0 Å². The number of piperazine rings is 1. The second-order valence-corrected chi connectivity index (χ2v) is 10.7. The first kappa shape index (κ1) is 29.5. The van der Waals surface area contributed by atoms with E-state index < -0.39 is 22.4 Å². The van der Waals surface area contributed by atoms with E-state index in [-0.39, 0.29) is 36.2 Å². The van der Waals surface area contributed by atoms with E-state index in [9.17, 15) is 32.5 Å². The van der Waals surface area contributed by atoms with Gasteiger partial charge < -0.3 is 19.9 Å². The molecule has 2 fully saturated rings. The summed E-state index contributed by atoms with van der Waals surface area (Å²) in [6, 6.07) is 9.29. The molecule has 1 amide bonds. The largest absolute Gasteiger partial charge is 0.423 e. The maximum Gasteiger partial charge on any atom is 0.423 e. The summed E-state index contributed by atoms with van der Waals surface area (Å²) >= 11 is 0. The maximum absolute atomic E-state index is 13.6. The first-order chi connectivity index (χ1) is 20.0. The molecule has 224 valence electrons. The lowest BCUT2D eigenvalue weighted by Crippen LogP contribution is -2.50. The second kappa shape index (κ2) is 12.1. The number of hydrogen-bond acceptors (Lipinski definition) is 7. The molecular formula is C29H31F4N5O4. The van der Waals surface area contributed by atoms with Crippen LogP contribution in [0.4, 0.5) is 34.8 Å². The molecule has 2 aliphatic rings. The summed E-state index contributed by atoms with van der Waals surface area (Å²) in [4.78, 5) is 31.3. The zero-order chi connectivity index (χ0) is 30.0. The average molecular weight is 590 g/mol. The fraction of sp³-hybridized carbons (Fsp3) is 0.448. The van der Waals surface area contributed by atoms with Gasteiger partial charge in [0.15, 0.2) is 0 Å². The van der Waals surface area contributed by atoms with Crippen LogP contribution in [0, 0.1) is 22.9 Å². The molecule has 0 radical (unpaired) electrons. The van der Waals surface area contributed by atoms with Gasteiger partial charge in [-0.05, 0) is 74.6 Å². The number of benzene rings is 2. The summed E-state index contributed by atoms with van der Waals surface area (Å²) in [5.41, 5.74) is -0.426. The average Bonchev–Trinajstić information content (AvgIpc) is 2.96. The fourth-order valence-corrected chi connectivity index (χ4v) is 5.60. The van der Waals surface area contributed by atoms with Crippen molar-refractivity contribution < 1.29 is 32.0 Å². The number of halogens is 4. The maximum atomic E-state index is 13.6. The van der Waals surface area contributed by atoms with Crippen LogP contribution in [0.1, 0.15) is 36.8 Å². The van der Waals surface area contributed by atoms with Gasteiger partial charge in [-0.2, -0.15) is 13.2 Å². The Balaban J connectivity index is 1.07. The van der Waals surface area contributed by atoms with Gasteiger partial charge in [0.1, 0.15) is 23.8 Å². The standard InChI is InChI=1S/C29H31F4N5O4/c1-18-14-27(35-25-8-2-19(30)15-23(18)25)36-10-12-37(13-11-36)28(39)17-42-22-6-3-20(4-7-22)34-21-5-9-26(38(40)41)24(16-21)29(31,32)33/h2,5,8-9,14-16,20,22,34H,3-4,6-7,10-13,17H2,1H3. The van der Waals surface area contributed by atoms with E-state index in [2.05, 4.69) is 15.2 Å². The van der Waals surface area contributed by atoms with E-state index >= 15 is 0 Å². The molecule has 1 saturated heterocycles. The van der Waals surface area contributed by atoms with Gasteiger partial charge in [0.25, 0.3) is 5.69 Å². The van der Waals surface area contributed by atoms with Crippen molar-refractivity contribution in [1.29, 1.82) is 0 Å². The number of aromatic nitrogens is 1. The zero-order valence-electron chi connectivity index (χ0n) is 23.0. The molecular weight excluding hydrogens is 558 g/mol. The lowest BCUT2D eigenvalue weighted by atomic mass is 9.92. The number of nitrogens with zero attached hydrogens (tertiary/aromatic N) is 4. The molecule has 0 atom stereocenters. The summed E-state index contributed by atoms with van der Waals surface area (Å²) in [6.07, 6.45) is -2.45. The molecule has 3 aromatic rings. The van der Waals surface area contributed by atoms with Crippen LogP contribution in [0.2, 0.25) is 0 Å². The minimum Gasteiger partial charge on any atom is -0.382 e. The number of ether oxygens (including phenoxy) is 1. The molecule has 2 aromatic carbocycles. The van der Waals surface area contributed by atoms with Gasteiger partial charge in [0, 0.05) is 49.4 Å². The van der Waals surface area contributed by atoms with Gasteiger partial charge in [-0.25, -0.2) is 9.37 Å². The van der Waals surface area contributed by atoms with Gasteiger partial charge in [-0.3, -0.25) is 14.9 Å². The minimum atomic E-state index is -4.83. The second-order valence-electron chi connectivity index (χ2n) is 10.7. The predicted octanol–water partition coefficient (Wildman–Crippen LogP) is 5.70. The van der Waals surface area contributed by atoms with Gasteiger partial charge >= 0.3 is 6.18 Å². The van der Waals surface area contributed by atoms with Gasteiger partial charge in [0.2, 0.25) is 5.91 Å². The number of nitro benzene ring substituents is 1. The van der Waals surface area contributed by atoms with Crippen LogP contribution in [0.25, 0.3) is 10.9 Å². The monoisotopic (exact) mass is 589 g/mol. The highest BCUT2D eigenvalue weighted by Crippen LogP contribution is 2.38. The highest BCUT2D eigenvalue weighted by Gasteiger charge is 2.38. The number of amides is 1. The summed E-state index contributed by atoms with van der Waals surface area (Å²) in [5, 5.41) is 14.8. The molecule has 1 N–H and O–H groups in total. The molecule has 5 rings (SSSR count). The number of carbonyl (C=O) groups is 1. The Kier molecular flexibility index (Phi) is 8.48. The van der Waals surface area contributed by atoms with Crippen LogP contribution in [-0.2, 0) is 15.7 Å². The number of hydrogen-bond donors (Lipinski definition) is 1. The van der Waals surface area contributed by atoms with Crippen molar-refractivity contribution in [3.8, 4) is 0 Å². The third-order valence-corrected chi connectivity index (χ3v) is 7.91. The van der Waals surface area contributed by atoms with Crippen molar-refractivity contribution >= 4 is 34.0 Å². The van der Waals surface area contributed by atoms with Crippen LogP contribution in [0.15, 0.2) is 42.5 Å². The summed E-state index contributed by atoms with van der Waals surface area (Å²) in [6.45, 7) is 4.15. The van der Waals surface area contributed by atoms with E-state index in [1.807, 2.05) is 13.0 Å². The Morgan fingerprint density at radius 1 is 1.07 bits per heavy atom. The van der Waals surface area contributed by atoms with Crippen molar-refractivity contribution in [2.75, 3.05) is 43.0 Å². The number of alkyl halides is 3. The van der Waals surface area contributed by atoms with E-state index in [0.717, 1.165) is 34.4 Å². The highest BCUT2D eigenvalue weighted by atomic mass is 19.4. The first-order valence-electron chi connectivity index (χ1n) is 13.8. The van der Waals surface area contributed by atoms with Gasteiger partial charge in [-0.1, -0.05) is 0 Å². The number of nitro groups is 1. The SMILES string of the molecule is Cc1cc(N2CCN(C(=O)COC3CCC(Nc4ccc([N+](=O)[O-])c(C(F)(F)F)c4)CC3)CC2)nc2ccc(F)cc12. The first-order valence-corrected chi connectivity index (χ1v) is 13.8. The summed E-state index contributed by atoms with van der Waals surface area (Å²) < 4.78 is 59.3. The summed E-state index contributed by atoms with van der Waals surface area (Å²) in [7, 11) is 0. The Bertz CT molecular complexity index is 1470. The molecule has 1 saturated carbocycles. The molecule has 2 heterocycles. The lowest BCUT2D eigenvalue weighted by molar-refractivity contribution is -0.388. The summed E-state index contributed by atoms with van der Waals surface area (Å²) in [5.74, 6) is 0.395. The Morgan fingerprint density at radius 3 is 2.45 bits per heavy atom. The number of fused-ring (bicyclic) bond motifs is 1. The quantitative estimate of drug-likeness (QED) is 0.214. The van der Waals surface area contributed by atoms with Crippen molar-refractivity contribution in [2.45, 2.75) is 50.9 Å². The molecule has 9 nitrogen and oxygen atoms in total. The topological polar surface area (TPSA) is 101 Å². The number of carbonyl (C=O) groups excluding carboxylic acids is 1. The molecule has 1 aromatic heterocycles. The molecule has 0 unspecified atom stereocenters. The molecule has 0 bridgehead atoms. The highest BCUT2D eigenvalue weighted by molar-refractivity contribution is 5.84. The number of rotatable bonds is 7. The lowest BCUT2D eigenvalue weighted by Gasteiger charge is -2.36. The van der Waals surface area contributed by atoms with E-state index in [1.54, 1.807) is 11.0 Å². The van der Waals surface area contributed by atoms with E-state index in [0.29, 0.717) is 51.9 Å². The molecule has 1 aliphatic carbocycles. The van der Waals surface area contributed by atoms with Crippen LogP contribution in [0.5, 0.6) is 0 Å². The Labute approximate surface area is 239 Å². The van der Waals surface area contributed by atoms with Gasteiger partial charge in [-0.15, -0.1) is 0 Å². The van der Waals surface area contributed by atoms with Crippen LogP contribution < -0.4 is 10.2 Å². The van der Waals surface area contributed by atoms with Crippen LogP contribution >= 0.6 is 0 Å². The number of anilines is 2. The molecule has 1 aliphatic heterocycles. The minimum absolute atomic E-state index is 0.0427. The third-order valence-electron chi connectivity index (χ3n) is 7.91. The number of aryl methyl sites for hydroxylation is 1. The van der Waals surface area contributed by atoms with Crippen molar-refractivity contribution in [1.82, 2.24) is 9.88 Å². The molecule has 13 heteroatoms. The molecule has 0 spiro atoms. The third kappa shape index (κ3) is 6.72. The van der Waals surface area contributed by atoms with E-state index in [4.69, 9.17) is 4.74 Å². The predicted molar refractivity (Wildman–Crippen MR) is 149 cm³/mol. The van der Waals surface area contributed by atoms with Crippen molar-refractivity contribution in [2.24, 2.45) is 0 Å². The fourth-order valence-electron chi connectivity index (χ4n) is 5.60. The van der Waals surface area contributed by atoms with Crippen molar-refractivity contribution in [3.05, 3.63) is 69.5 Å². The van der Waals surface area contributed by atoms with Crippen LogP contribution in [0.3, 0.4) is 0 Å². The smallest absolute Gasteiger partial charge is 0.382 e. The molecule has 42 heavy (non-hydrogen) atoms. The zero-order valence-corrected chi connectivity index (χ0v) is 23.0. The number of nitrogens with one attached hydrogen (secondary N) is 1. The Hall–Kier alpha value is -4.00. The Morgan fingerprint density at radius 2 is 1.79 bits per heavy atom. The van der Waals surface area contributed by atoms with E-state index in [1.165, 1.54) is 18.2 Å². The van der Waals surface area contributed by atoms with Gasteiger partial charge in [0.05, 0.1) is 16.5 Å². The normalized spacial score (nSPS) is 19.6.